The summed E-state index contributed by atoms with van der Waals surface area (Å²) in [6, 6.07) is 4.37. The predicted molar refractivity (Wildman–Crippen MR) is 84.3 cm³/mol. The summed E-state index contributed by atoms with van der Waals surface area (Å²) in [4.78, 5) is 17.3. The molecule has 2 rings (SSSR count). The van der Waals surface area contributed by atoms with Crippen LogP contribution in [0.5, 0.6) is 0 Å². The van der Waals surface area contributed by atoms with Crippen molar-refractivity contribution < 1.29 is 4.79 Å². The minimum Gasteiger partial charge on any atom is -0.340 e. The molecule has 1 fully saturated rings. The van der Waals surface area contributed by atoms with Gasteiger partial charge in [0.25, 0.3) is 0 Å². The third-order valence-corrected chi connectivity index (χ3v) is 4.98. The summed E-state index contributed by atoms with van der Waals surface area (Å²) in [7, 11) is 3.90. The highest BCUT2D eigenvalue weighted by Gasteiger charge is 2.21. The van der Waals surface area contributed by atoms with Gasteiger partial charge >= 0.3 is 0 Å². The standard InChI is InChI=1S/C14H22ClN3OS/c1-17(11-5-7-16-8-6-11)10-14(19)18(2)9-12-3-4-13(15)20-12/h3-4,11,16H,5-10H2,1-2H3. The molecular formula is C14H22ClN3OS. The molecule has 1 N–H and O–H groups in total. The van der Waals surface area contributed by atoms with Crippen LogP contribution < -0.4 is 5.32 Å². The first-order valence-corrected chi connectivity index (χ1v) is 8.15. The molecular weight excluding hydrogens is 294 g/mol. The van der Waals surface area contributed by atoms with Gasteiger partial charge in [-0.15, -0.1) is 11.3 Å². The van der Waals surface area contributed by atoms with E-state index in [1.165, 1.54) is 11.3 Å². The van der Waals surface area contributed by atoms with Gasteiger partial charge in [0.15, 0.2) is 0 Å². The predicted octanol–water partition coefficient (Wildman–Crippen LogP) is 2.04. The zero-order valence-electron chi connectivity index (χ0n) is 12.1. The smallest absolute Gasteiger partial charge is 0.236 e. The van der Waals surface area contributed by atoms with Crippen LogP contribution in [0.15, 0.2) is 12.1 Å². The maximum absolute atomic E-state index is 12.2. The Kier molecular flexibility index (Phi) is 5.84. The highest BCUT2D eigenvalue weighted by atomic mass is 35.5. The second-order valence-corrected chi connectivity index (χ2v) is 7.15. The molecule has 0 saturated carbocycles. The molecule has 1 saturated heterocycles. The first-order valence-electron chi connectivity index (χ1n) is 6.95. The Labute approximate surface area is 129 Å². The molecule has 4 nitrogen and oxygen atoms in total. The molecule has 1 aliphatic rings. The van der Waals surface area contributed by atoms with Gasteiger partial charge in [0.05, 0.1) is 17.4 Å². The van der Waals surface area contributed by atoms with E-state index >= 15 is 0 Å². The van der Waals surface area contributed by atoms with E-state index in [9.17, 15) is 4.79 Å². The van der Waals surface area contributed by atoms with Crippen molar-refractivity contribution in [3.05, 3.63) is 21.3 Å². The average Bonchev–Trinajstić information content (AvgIpc) is 2.85. The second kappa shape index (κ2) is 7.41. The van der Waals surface area contributed by atoms with Crippen LogP contribution in [-0.4, -0.2) is 55.5 Å². The third kappa shape index (κ3) is 4.45. The van der Waals surface area contributed by atoms with E-state index in [0.717, 1.165) is 35.1 Å². The van der Waals surface area contributed by atoms with Crippen LogP contribution in [-0.2, 0) is 11.3 Å². The van der Waals surface area contributed by atoms with E-state index in [1.54, 1.807) is 4.90 Å². The molecule has 6 heteroatoms. The molecule has 0 aromatic carbocycles. The van der Waals surface area contributed by atoms with E-state index in [2.05, 4.69) is 10.2 Å². The fraction of sp³-hybridized carbons (Fsp3) is 0.643. The molecule has 1 aliphatic heterocycles. The van der Waals surface area contributed by atoms with Gasteiger partial charge < -0.3 is 10.2 Å². The summed E-state index contributed by atoms with van der Waals surface area (Å²) < 4.78 is 0.771. The highest BCUT2D eigenvalue weighted by molar-refractivity contribution is 7.16. The Balaban J connectivity index is 1.80. The number of hydrogen-bond donors (Lipinski definition) is 1. The molecule has 2 heterocycles. The van der Waals surface area contributed by atoms with E-state index in [-0.39, 0.29) is 5.91 Å². The number of nitrogens with zero attached hydrogens (tertiary/aromatic N) is 2. The van der Waals surface area contributed by atoms with Gasteiger partial charge in [-0.1, -0.05) is 11.6 Å². The van der Waals surface area contributed by atoms with Crippen molar-refractivity contribution in [2.45, 2.75) is 25.4 Å². The minimum atomic E-state index is 0.163. The molecule has 0 atom stereocenters. The maximum atomic E-state index is 12.2. The lowest BCUT2D eigenvalue weighted by Crippen LogP contribution is -2.45. The van der Waals surface area contributed by atoms with Crippen molar-refractivity contribution in [3.63, 3.8) is 0 Å². The Bertz CT molecular complexity index is 445. The van der Waals surface area contributed by atoms with Crippen molar-refractivity contribution in [3.8, 4) is 0 Å². The topological polar surface area (TPSA) is 35.6 Å². The van der Waals surface area contributed by atoms with Gasteiger partial charge in [0.1, 0.15) is 0 Å². The molecule has 1 aromatic rings. The van der Waals surface area contributed by atoms with E-state index < -0.39 is 0 Å². The van der Waals surface area contributed by atoms with Crippen molar-refractivity contribution in [1.82, 2.24) is 15.1 Å². The van der Waals surface area contributed by atoms with Crippen LogP contribution in [0, 0.1) is 0 Å². The zero-order valence-corrected chi connectivity index (χ0v) is 13.6. The summed E-state index contributed by atoms with van der Waals surface area (Å²) >= 11 is 7.44. The van der Waals surface area contributed by atoms with Crippen molar-refractivity contribution in [1.29, 1.82) is 0 Å². The van der Waals surface area contributed by atoms with Crippen molar-refractivity contribution >= 4 is 28.8 Å². The second-order valence-electron chi connectivity index (χ2n) is 5.35. The van der Waals surface area contributed by atoms with Crippen molar-refractivity contribution in [2.75, 3.05) is 33.7 Å². The number of rotatable bonds is 5. The van der Waals surface area contributed by atoms with Gasteiger partial charge in [-0.05, 0) is 45.1 Å². The van der Waals surface area contributed by atoms with Crippen LogP contribution in [0.2, 0.25) is 4.34 Å². The zero-order chi connectivity index (χ0) is 14.5. The molecule has 112 valence electrons. The van der Waals surface area contributed by atoms with E-state index in [1.807, 2.05) is 26.2 Å². The number of hydrogen-bond acceptors (Lipinski definition) is 4. The molecule has 0 unspecified atom stereocenters. The first kappa shape index (κ1) is 15.8. The lowest BCUT2D eigenvalue weighted by atomic mass is 10.1. The van der Waals surface area contributed by atoms with Gasteiger partial charge in [0.2, 0.25) is 5.91 Å². The summed E-state index contributed by atoms with van der Waals surface area (Å²) in [6.45, 7) is 3.22. The fourth-order valence-corrected chi connectivity index (χ4v) is 3.61. The Morgan fingerprint density at radius 2 is 2.10 bits per heavy atom. The Hall–Kier alpha value is -0.620. The highest BCUT2D eigenvalue weighted by Crippen LogP contribution is 2.22. The number of thiophene rings is 1. The molecule has 1 amide bonds. The van der Waals surface area contributed by atoms with E-state index in [0.29, 0.717) is 19.1 Å². The molecule has 20 heavy (non-hydrogen) atoms. The van der Waals surface area contributed by atoms with Gasteiger partial charge in [-0.2, -0.15) is 0 Å². The molecule has 0 spiro atoms. The number of halogens is 1. The number of nitrogens with one attached hydrogen (secondary N) is 1. The van der Waals surface area contributed by atoms with E-state index in [4.69, 9.17) is 11.6 Å². The van der Waals surface area contributed by atoms with Crippen LogP contribution >= 0.6 is 22.9 Å². The SMILES string of the molecule is CN(Cc1ccc(Cl)s1)C(=O)CN(C)C1CCNCC1. The Morgan fingerprint density at radius 1 is 1.40 bits per heavy atom. The Morgan fingerprint density at radius 3 is 2.70 bits per heavy atom. The number of piperidine rings is 1. The summed E-state index contributed by atoms with van der Waals surface area (Å²) in [5, 5.41) is 3.35. The van der Waals surface area contributed by atoms with Crippen LogP contribution in [0.3, 0.4) is 0 Å². The maximum Gasteiger partial charge on any atom is 0.236 e. The largest absolute Gasteiger partial charge is 0.340 e. The van der Waals surface area contributed by atoms with Crippen LogP contribution in [0.4, 0.5) is 0 Å². The molecule has 0 bridgehead atoms. The van der Waals surface area contributed by atoms with Crippen LogP contribution in [0.1, 0.15) is 17.7 Å². The monoisotopic (exact) mass is 315 g/mol. The number of amides is 1. The third-order valence-electron chi connectivity index (χ3n) is 3.76. The lowest BCUT2D eigenvalue weighted by Gasteiger charge is -2.32. The fourth-order valence-electron chi connectivity index (χ4n) is 2.47. The average molecular weight is 316 g/mol. The molecule has 0 aliphatic carbocycles. The quantitative estimate of drug-likeness (QED) is 0.903. The number of carbonyl (C=O) groups is 1. The summed E-state index contributed by atoms with van der Waals surface area (Å²) in [5.41, 5.74) is 0. The number of likely N-dealkylation sites (N-methyl/N-ethyl adjacent to an activating group) is 2. The molecule has 1 aromatic heterocycles. The first-order chi connectivity index (χ1) is 9.56. The summed E-state index contributed by atoms with van der Waals surface area (Å²) in [5.74, 6) is 0.163. The minimum absolute atomic E-state index is 0.163. The van der Waals surface area contributed by atoms with Crippen molar-refractivity contribution in [2.24, 2.45) is 0 Å². The number of carbonyl (C=O) groups excluding carboxylic acids is 1. The van der Waals surface area contributed by atoms with Crippen LogP contribution in [0.25, 0.3) is 0 Å². The van der Waals surface area contributed by atoms with Gasteiger partial charge in [-0.25, -0.2) is 0 Å². The van der Waals surface area contributed by atoms with Gasteiger partial charge in [0, 0.05) is 18.0 Å². The lowest BCUT2D eigenvalue weighted by molar-refractivity contribution is -0.131. The normalized spacial score (nSPS) is 16.6. The van der Waals surface area contributed by atoms with Gasteiger partial charge in [-0.3, -0.25) is 9.69 Å². The molecule has 0 radical (unpaired) electrons. The summed E-state index contributed by atoms with van der Waals surface area (Å²) in [6.07, 6.45) is 2.24.